The third kappa shape index (κ3) is 5.88. The number of methoxy groups -OCH3 is 2. The van der Waals surface area contributed by atoms with Gasteiger partial charge in [0.2, 0.25) is 0 Å². The van der Waals surface area contributed by atoms with Crippen molar-refractivity contribution >= 4 is 34.7 Å². The Morgan fingerprint density at radius 1 is 0.583 bits per heavy atom. The first-order valence-electron chi connectivity index (χ1n) is 11.9. The average Bonchev–Trinajstić information content (AvgIpc) is 2.83. The zero-order valence-corrected chi connectivity index (χ0v) is 22.4. The molecular formula is C30H36N2O4. The van der Waals surface area contributed by atoms with Gasteiger partial charge >= 0.3 is 11.9 Å². The number of ether oxygens (including phenoxy) is 2. The van der Waals surface area contributed by atoms with E-state index in [-0.39, 0.29) is 10.8 Å². The van der Waals surface area contributed by atoms with Crippen LogP contribution in [0.15, 0.2) is 60.7 Å². The quantitative estimate of drug-likeness (QED) is 0.354. The Bertz CT molecular complexity index is 1170. The van der Waals surface area contributed by atoms with Crippen LogP contribution in [-0.2, 0) is 20.3 Å². The van der Waals surface area contributed by atoms with Crippen molar-refractivity contribution in [3.63, 3.8) is 0 Å². The first-order valence-corrected chi connectivity index (χ1v) is 11.9. The number of nitrogens with one attached hydrogen (secondary N) is 2. The van der Waals surface area contributed by atoms with E-state index in [4.69, 9.17) is 9.47 Å². The predicted octanol–water partition coefficient (Wildman–Crippen LogP) is 7.34. The summed E-state index contributed by atoms with van der Waals surface area (Å²) in [5.41, 5.74) is 5.03. The molecule has 0 saturated carbocycles. The van der Waals surface area contributed by atoms with Gasteiger partial charge in [-0.25, -0.2) is 9.59 Å². The van der Waals surface area contributed by atoms with Crippen LogP contribution in [0.1, 0.15) is 73.4 Å². The molecule has 0 spiro atoms. The van der Waals surface area contributed by atoms with Gasteiger partial charge in [0.1, 0.15) is 0 Å². The van der Waals surface area contributed by atoms with Crippen molar-refractivity contribution in [3.8, 4) is 0 Å². The Hall–Kier alpha value is -3.80. The standard InChI is InChI=1S/C30H36N2O4/c1-29(2,3)21-13-9-11-15-23(21)31-25-17-20(28(34)36-8)26(18-19(25)27(33)35-7)32-24-16-12-10-14-22(24)30(4,5)6/h9-18,31-32H,1-8H3. The van der Waals surface area contributed by atoms with Crippen LogP contribution in [0.5, 0.6) is 0 Å². The second-order valence-corrected chi connectivity index (χ2v) is 10.8. The molecule has 0 saturated heterocycles. The zero-order chi connectivity index (χ0) is 26.7. The maximum Gasteiger partial charge on any atom is 0.340 e. The third-order valence-electron chi connectivity index (χ3n) is 5.98. The summed E-state index contributed by atoms with van der Waals surface area (Å²) in [5.74, 6) is -1.04. The molecule has 190 valence electrons. The number of benzene rings is 3. The van der Waals surface area contributed by atoms with Gasteiger partial charge in [0.15, 0.2) is 0 Å². The summed E-state index contributed by atoms with van der Waals surface area (Å²) in [7, 11) is 2.68. The van der Waals surface area contributed by atoms with Gasteiger partial charge in [0.05, 0.1) is 36.7 Å². The van der Waals surface area contributed by atoms with Crippen LogP contribution in [0, 0.1) is 0 Å². The monoisotopic (exact) mass is 488 g/mol. The van der Waals surface area contributed by atoms with Crippen molar-refractivity contribution in [3.05, 3.63) is 82.9 Å². The summed E-state index contributed by atoms with van der Waals surface area (Å²) in [4.78, 5) is 25.8. The summed E-state index contributed by atoms with van der Waals surface area (Å²) < 4.78 is 10.2. The van der Waals surface area contributed by atoms with Gasteiger partial charge in [0, 0.05) is 11.4 Å². The lowest BCUT2D eigenvalue weighted by molar-refractivity contribution is 0.0588. The highest BCUT2D eigenvalue weighted by Gasteiger charge is 2.24. The summed E-state index contributed by atoms with van der Waals surface area (Å²) in [6.45, 7) is 12.7. The second-order valence-electron chi connectivity index (χ2n) is 10.8. The highest BCUT2D eigenvalue weighted by molar-refractivity contribution is 6.04. The number of rotatable bonds is 6. The summed E-state index contributed by atoms with van der Waals surface area (Å²) >= 11 is 0. The molecule has 6 heteroatoms. The maximum absolute atomic E-state index is 12.9. The van der Waals surface area contributed by atoms with E-state index in [1.165, 1.54) is 14.2 Å². The lowest BCUT2D eigenvalue weighted by Crippen LogP contribution is -2.16. The highest BCUT2D eigenvalue weighted by atomic mass is 16.5. The Morgan fingerprint density at radius 2 is 0.917 bits per heavy atom. The minimum absolute atomic E-state index is 0.141. The Balaban J connectivity index is 2.20. The predicted molar refractivity (Wildman–Crippen MR) is 146 cm³/mol. The Labute approximate surface area is 214 Å². The van der Waals surface area contributed by atoms with Crippen LogP contribution in [-0.4, -0.2) is 26.2 Å². The van der Waals surface area contributed by atoms with E-state index in [1.54, 1.807) is 12.1 Å². The number of hydrogen-bond acceptors (Lipinski definition) is 6. The van der Waals surface area contributed by atoms with Crippen LogP contribution in [0.2, 0.25) is 0 Å². The fraction of sp³-hybridized carbons (Fsp3) is 0.333. The van der Waals surface area contributed by atoms with Crippen LogP contribution < -0.4 is 10.6 Å². The number of para-hydroxylation sites is 2. The molecule has 36 heavy (non-hydrogen) atoms. The SMILES string of the molecule is COC(=O)c1cc(Nc2ccccc2C(C)(C)C)c(C(=O)OC)cc1Nc1ccccc1C(C)(C)C. The van der Waals surface area contributed by atoms with Gasteiger partial charge in [-0.2, -0.15) is 0 Å². The van der Waals surface area contributed by atoms with Gasteiger partial charge in [-0.1, -0.05) is 77.9 Å². The van der Waals surface area contributed by atoms with Crippen molar-refractivity contribution in [2.75, 3.05) is 24.9 Å². The highest BCUT2D eigenvalue weighted by Crippen LogP contribution is 2.37. The van der Waals surface area contributed by atoms with Crippen LogP contribution in [0.25, 0.3) is 0 Å². The average molecular weight is 489 g/mol. The fourth-order valence-corrected chi connectivity index (χ4v) is 4.15. The molecule has 0 unspecified atom stereocenters. The van der Waals surface area contributed by atoms with Gasteiger partial charge in [0.25, 0.3) is 0 Å². The van der Waals surface area contributed by atoms with E-state index < -0.39 is 11.9 Å². The molecule has 3 aromatic carbocycles. The van der Waals surface area contributed by atoms with Gasteiger partial charge in [-0.15, -0.1) is 0 Å². The topological polar surface area (TPSA) is 76.7 Å². The molecule has 0 bridgehead atoms. The molecule has 0 fully saturated rings. The maximum atomic E-state index is 12.9. The number of esters is 2. The molecule has 0 aliphatic rings. The number of carbonyl (C=O) groups excluding carboxylic acids is 2. The number of anilines is 4. The lowest BCUT2D eigenvalue weighted by atomic mass is 9.85. The van der Waals surface area contributed by atoms with Crippen molar-refractivity contribution in [2.24, 2.45) is 0 Å². The van der Waals surface area contributed by atoms with Crippen molar-refractivity contribution in [2.45, 2.75) is 52.4 Å². The van der Waals surface area contributed by atoms with E-state index in [2.05, 4.69) is 52.2 Å². The van der Waals surface area contributed by atoms with Gasteiger partial charge in [-0.05, 0) is 46.2 Å². The zero-order valence-electron chi connectivity index (χ0n) is 22.4. The fourth-order valence-electron chi connectivity index (χ4n) is 4.15. The molecule has 0 radical (unpaired) electrons. The van der Waals surface area contributed by atoms with Gasteiger partial charge in [-0.3, -0.25) is 0 Å². The minimum Gasteiger partial charge on any atom is -0.465 e. The van der Waals surface area contributed by atoms with Crippen LogP contribution in [0.4, 0.5) is 22.7 Å². The molecule has 0 aromatic heterocycles. The van der Waals surface area contributed by atoms with Crippen molar-refractivity contribution < 1.29 is 19.1 Å². The summed E-state index contributed by atoms with van der Waals surface area (Å²) in [6.07, 6.45) is 0. The summed E-state index contributed by atoms with van der Waals surface area (Å²) in [5, 5.41) is 6.75. The molecule has 0 atom stereocenters. The molecule has 0 aliphatic heterocycles. The van der Waals surface area contributed by atoms with Gasteiger partial charge < -0.3 is 20.1 Å². The second kappa shape index (κ2) is 10.4. The van der Waals surface area contributed by atoms with Crippen molar-refractivity contribution in [1.82, 2.24) is 0 Å². The molecule has 0 aliphatic carbocycles. The number of hydrogen-bond donors (Lipinski definition) is 2. The van der Waals surface area contributed by atoms with E-state index in [0.717, 1.165) is 22.5 Å². The largest absolute Gasteiger partial charge is 0.465 e. The van der Waals surface area contributed by atoms with E-state index >= 15 is 0 Å². The van der Waals surface area contributed by atoms with E-state index in [9.17, 15) is 9.59 Å². The third-order valence-corrected chi connectivity index (χ3v) is 5.98. The van der Waals surface area contributed by atoms with E-state index in [0.29, 0.717) is 22.5 Å². The molecule has 2 N–H and O–H groups in total. The van der Waals surface area contributed by atoms with Crippen LogP contribution >= 0.6 is 0 Å². The lowest BCUT2D eigenvalue weighted by Gasteiger charge is -2.25. The Morgan fingerprint density at radius 3 is 1.22 bits per heavy atom. The van der Waals surface area contributed by atoms with E-state index in [1.807, 2.05) is 48.5 Å². The smallest absolute Gasteiger partial charge is 0.340 e. The summed E-state index contributed by atoms with van der Waals surface area (Å²) in [6, 6.07) is 19.1. The normalized spacial score (nSPS) is 11.6. The molecule has 0 amide bonds. The molecule has 3 rings (SSSR count). The first kappa shape index (κ1) is 26.8. The molecule has 3 aromatic rings. The Kier molecular flexibility index (Phi) is 7.77. The molecule has 6 nitrogen and oxygen atoms in total. The number of carbonyl (C=O) groups is 2. The molecular weight excluding hydrogens is 452 g/mol. The van der Waals surface area contributed by atoms with Crippen LogP contribution in [0.3, 0.4) is 0 Å². The molecule has 0 heterocycles. The first-order chi connectivity index (χ1) is 16.9. The minimum atomic E-state index is -0.519. The van der Waals surface area contributed by atoms with Crippen molar-refractivity contribution in [1.29, 1.82) is 0 Å².